The number of rotatable bonds is 4. The summed E-state index contributed by atoms with van der Waals surface area (Å²) in [6, 6.07) is 8.55. The highest BCUT2D eigenvalue weighted by Crippen LogP contribution is 2.04. The number of benzene rings is 1. The van der Waals surface area contributed by atoms with Gasteiger partial charge in [0.25, 0.3) is 0 Å². The van der Waals surface area contributed by atoms with Gasteiger partial charge in [-0.1, -0.05) is 18.2 Å². The Balaban J connectivity index is 2.49. The normalized spacial score (nSPS) is 12.1. The standard InChI is InChI=1S/C10H14N2O2/c1-14-7-9(11)10(13)12-8-5-3-2-4-6-8/h2-6,9H,7,11H2,1H3,(H,12,13). The van der Waals surface area contributed by atoms with E-state index in [0.29, 0.717) is 0 Å². The van der Waals surface area contributed by atoms with Crippen molar-refractivity contribution in [2.75, 3.05) is 19.0 Å². The van der Waals surface area contributed by atoms with E-state index < -0.39 is 6.04 Å². The maximum Gasteiger partial charge on any atom is 0.243 e. The van der Waals surface area contributed by atoms with Gasteiger partial charge in [-0.05, 0) is 12.1 Å². The van der Waals surface area contributed by atoms with Crippen molar-refractivity contribution in [3.8, 4) is 0 Å². The Kier molecular flexibility index (Phi) is 4.10. The molecule has 1 unspecified atom stereocenters. The number of para-hydroxylation sites is 1. The fourth-order valence-electron chi connectivity index (χ4n) is 1.01. The molecule has 3 N–H and O–H groups in total. The predicted molar refractivity (Wildman–Crippen MR) is 54.9 cm³/mol. The van der Waals surface area contributed by atoms with Gasteiger partial charge in [-0.15, -0.1) is 0 Å². The zero-order valence-electron chi connectivity index (χ0n) is 8.07. The van der Waals surface area contributed by atoms with E-state index in [1.54, 1.807) is 12.1 Å². The molecule has 0 fully saturated rings. The molecule has 1 rings (SSSR count). The SMILES string of the molecule is COCC(N)C(=O)Nc1ccccc1. The van der Waals surface area contributed by atoms with Crippen LogP contribution in [0, 0.1) is 0 Å². The molecule has 0 spiro atoms. The Morgan fingerprint density at radius 2 is 2.14 bits per heavy atom. The van der Waals surface area contributed by atoms with Gasteiger partial charge in [0.2, 0.25) is 5.91 Å². The first-order chi connectivity index (χ1) is 6.74. The van der Waals surface area contributed by atoms with Gasteiger partial charge in [-0.3, -0.25) is 4.79 Å². The highest BCUT2D eigenvalue weighted by Gasteiger charge is 2.12. The first-order valence-electron chi connectivity index (χ1n) is 4.34. The first-order valence-corrected chi connectivity index (χ1v) is 4.34. The quantitative estimate of drug-likeness (QED) is 0.737. The Bertz CT molecular complexity index is 287. The van der Waals surface area contributed by atoms with Gasteiger partial charge in [0.15, 0.2) is 0 Å². The molecule has 0 radical (unpaired) electrons. The minimum Gasteiger partial charge on any atom is -0.383 e. The van der Waals surface area contributed by atoms with Gasteiger partial charge < -0.3 is 15.8 Å². The van der Waals surface area contributed by atoms with E-state index in [2.05, 4.69) is 5.32 Å². The Labute approximate surface area is 83.1 Å². The number of carbonyl (C=O) groups excluding carboxylic acids is 1. The molecule has 0 aromatic heterocycles. The number of hydrogen-bond acceptors (Lipinski definition) is 3. The molecule has 76 valence electrons. The van der Waals surface area contributed by atoms with Crippen LogP contribution >= 0.6 is 0 Å². The van der Waals surface area contributed by atoms with E-state index in [1.165, 1.54) is 7.11 Å². The van der Waals surface area contributed by atoms with Crippen molar-refractivity contribution < 1.29 is 9.53 Å². The van der Waals surface area contributed by atoms with E-state index in [1.807, 2.05) is 18.2 Å². The van der Waals surface area contributed by atoms with E-state index in [9.17, 15) is 4.79 Å². The summed E-state index contributed by atoms with van der Waals surface area (Å²) in [5, 5.41) is 2.68. The average molecular weight is 194 g/mol. The number of methoxy groups -OCH3 is 1. The van der Waals surface area contributed by atoms with Crippen molar-refractivity contribution in [2.24, 2.45) is 5.73 Å². The third-order valence-corrected chi connectivity index (χ3v) is 1.72. The predicted octanol–water partition coefficient (Wildman–Crippen LogP) is 0.599. The van der Waals surface area contributed by atoms with Crippen molar-refractivity contribution in [1.82, 2.24) is 0 Å². The third kappa shape index (κ3) is 3.16. The molecule has 0 aliphatic rings. The topological polar surface area (TPSA) is 64.3 Å². The number of carbonyl (C=O) groups is 1. The number of amides is 1. The summed E-state index contributed by atoms with van der Waals surface area (Å²) in [7, 11) is 1.51. The van der Waals surface area contributed by atoms with Crippen molar-refractivity contribution in [3.05, 3.63) is 30.3 Å². The minimum absolute atomic E-state index is 0.221. The molecule has 4 nitrogen and oxygen atoms in total. The lowest BCUT2D eigenvalue weighted by molar-refractivity contribution is -0.118. The van der Waals surface area contributed by atoms with Gasteiger partial charge in [-0.2, -0.15) is 0 Å². The second-order valence-electron chi connectivity index (χ2n) is 2.92. The summed E-state index contributed by atoms with van der Waals surface area (Å²) in [5.41, 5.74) is 6.28. The fraction of sp³-hybridized carbons (Fsp3) is 0.300. The molecule has 1 aromatic carbocycles. The molecular weight excluding hydrogens is 180 g/mol. The van der Waals surface area contributed by atoms with Gasteiger partial charge in [0.05, 0.1) is 6.61 Å². The van der Waals surface area contributed by atoms with Gasteiger partial charge in [-0.25, -0.2) is 0 Å². The molecular formula is C10H14N2O2. The zero-order valence-corrected chi connectivity index (χ0v) is 8.07. The Hall–Kier alpha value is -1.39. The van der Waals surface area contributed by atoms with Crippen molar-refractivity contribution in [2.45, 2.75) is 6.04 Å². The fourth-order valence-corrected chi connectivity index (χ4v) is 1.01. The minimum atomic E-state index is -0.625. The smallest absolute Gasteiger partial charge is 0.243 e. The van der Waals surface area contributed by atoms with Gasteiger partial charge >= 0.3 is 0 Å². The molecule has 0 saturated heterocycles. The maximum atomic E-state index is 11.4. The maximum absolute atomic E-state index is 11.4. The van der Waals surface area contributed by atoms with Crippen LogP contribution < -0.4 is 11.1 Å². The van der Waals surface area contributed by atoms with Crippen LogP contribution in [0.3, 0.4) is 0 Å². The van der Waals surface area contributed by atoms with Crippen molar-refractivity contribution >= 4 is 11.6 Å². The van der Waals surface area contributed by atoms with E-state index >= 15 is 0 Å². The lowest BCUT2D eigenvalue weighted by Crippen LogP contribution is -2.39. The molecule has 4 heteroatoms. The molecule has 0 aliphatic carbocycles. The summed E-state index contributed by atoms with van der Waals surface area (Å²) in [5.74, 6) is -0.238. The summed E-state index contributed by atoms with van der Waals surface area (Å²) in [6.07, 6.45) is 0. The van der Waals surface area contributed by atoms with E-state index in [-0.39, 0.29) is 12.5 Å². The van der Waals surface area contributed by atoms with E-state index in [4.69, 9.17) is 10.5 Å². The summed E-state index contributed by atoms with van der Waals surface area (Å²) < 4.78 is 4.78. The van der Waals surface area contributed by atoms with Gasteiger partial charge in [0.1, 0.15) is 6.04 Å². The zero-order chi connectivity index (χ0) is 10.4. The van der Waals surface area contributed by atoms with Crippen LogP contribution in [0.25, 0.3) is 0 Å². The lowest BCUT2D eigenvalue weighted by Gasteiger charge is -2.10. The molecule has 0 heterocycles. The Morgan fingerprint density at radius 3 is 2.71 bits per heavy atom. The Morgan fingerprint density at radius 1 is 1.50 bits per heavy atom. The molecule has 1 atom stereocenters. The summed E-state index contributed by atoms with van der Waals surface area (Å²) in [6.45, 7) is 0.221. The number of hydrogen-bond donors (Lipinski definition) is 2. The van der Waals surface area contributed by atoms with Crippen molar-refractivity contribution in [3.63, 3.8) is 0 Å². The molecule has 0 saturated carbocycles. The highest BCUT2D eigenvalue weighted by atomic mass is 16.5. The molecule has 0 bridgehead atoms. The van der Waals surface area contributed by atoms with Crippen LogP contribution in [-0.2, 0) is 9.53 Å². The monoisotopic (exact) mass is 194 g/mol. The summed E-state index contributed by atoms with van der Waals surface area (Å²) >= 11 is 0. The number of nitrogens with one attached hydrogen (secondary N) is 1. The van der Waals surface area contributed by atoms with Crippen LogP contribution in [0.4, 0.5) is 5.69 Å². The highest BCUT2D eigenvalue weighted by molar-refractivity contribution is 5.94. The second kappa shape index (κ2) is 5.36. The van der Waals surface area contributed by atoms with Crippen LogP contribution in [0.1, 0.15) is 0 Å². The number of anilines is 1. The molecule has 1 aromatic rings. The molecule has 0 aliphatic heterocycles. The van der Waals surface area contributed by atoms with Gasteiger partial charge in [0, 0.05) is 12.8 Å². The van der Waals surface area contributed by atoms with E-state index in [0.717, 1.165) is 5.69 Å². The van der Waals surface area contributed by atoms with Crippen molar-refractivity contribution in [1.29, 1.82) is 0 Å². The second-order valence-corrected chi connectivity index (χ2v) is 2.92. The average Bonchev–Trinajstić information content (AvgIpc) is 2.19. The molecule has 14 heavy (non-hydrogen) atoms. The summed E-state index contributed by atoms with van der Waals surface area (Å²) in [4.78, 5) is 11.4. The lowest BCUT2D eigenvalue weighted by atomic mass is 10.2. The number of nitrogens with two attached hydrogens (primary N) is 1. The molecule has 1 amide bonds. The van der Waals surface area contributed by atoms with Crippen LogP contribution in [0.5, 0.6) is 0 Å². The third-order valence-electron chi connectivity index (χ3n) is 1.72. The first kappa shape index (κ1) is 10.7. The van der Waals surface area contributed by atoms with Crippen LogP contribution in [0.15, 0.2) is 30.3 Å². The largest absolute Gasteiger partial charge is 0.383 e. The number of ether oxygens (including phenoxy) is 1. The van der Waals surface area contributed by atoms with Crippen LogP contribution in [-0.4, -0.2) is 25.7 Å². The van der Waals surface area contributed by atoms with Crippen LogP contribution in [0.2, 0.25) is 0 Å².